The molecule has 0 N–H and O–H groups in total. The highest BCUT2D eigenvalue weighted by atomic mass is 79.9. The molecule has 4 heteroatoms. The summed E-state index contributed by atoms with van der Waals surface area (Å²) in [4.78, 5) is 23.0. The summed E-state index contributed by atoms with van der Waals surface area (Å²) < 4.78 is 1.08. The number of fused-ring (bicyclic) bond motifs is 2. The van der Waals surface area contributed by atoms with Crippen molar-refractivity contribution in [3.63, 3.8) is 0 Å². The lowest BCUT2D eigenvalue weighted by atomic mass is 9.79. The molecule has 2 bridgehead atoms. The molecule has 0 saturated heterocycles. The Morgan fingerprint density at radius 1 is 1.00 bits per heavy atom. The average molecular weight is 306 g/mol. The van der Waals surface area contributed by atoms with Gasteiger partial charge in [0.1, 0.15) is 0 Å². The van der Waals surface area contributed by atoms with Gasteiger partial charge >= 0.3 is 0 Å². The predicted octanol–water partition coefficient (Wildman–Crippen LogP) is 2.33. The molecule has 2 unspecified atom stereocenters. The zero-order valence-corrected chi connectivity index (χ0v) is 9.76. The van der Waals surface area contributed by atoms with Crippen LogP contribution in [-0.4, -0.2) is 11.6 Å². The number of ketones is 2. The first-order chi connectivity index (χ1) is 6.09. The van der Waals surface area contributed by atoms with Crippen LogP contribution in [0.15, 0.2) is 21.1 Å². The fourth-order valence-corrected chi connectivity index (χ4v) is 2.87. The number of carbonyl (C=O) groups is 2. The zero-order valence-electron chi connectivity index (χ0n) is 6.59. The van der Waals surface area contributed by atoms with Crippen LogP contribution >= 0.6 is 31.9 Å². The number of Topliss-reactive ketones (excluding diaryl/α,β-unsaturated/α-hetero) is 2. The molecule has 2 atom stereocenters. The van der Waals surface area contributed by atoms with E-state index >= 15 is 0 Å². The Morgan fingerprint density at radius 3 is 1.77 bits per heavy atom. The molecule has 0 aliphatic heterocycles. The number of hydrogen-bond donors (Lipinski definition) is 0. The third-order valence-corrected chi connectivity index (χ3v) is 3.66. The first-order valence-corrected chi connectivity index (χ1v) is 5.51. The highest BCUT2D eigenvalue weighted by Gasteiger charge is 2.36. The summed E-state index contributed by atoms with van der Waals surface area (Å²) in [6.07, 6.45) is 4.03. The maximum absolute atomic E-state index is 11.5. The highest BCUT2D eigenvalue weighted by Crippen LogP contribution is 2.37. The van der Waals surface area contributed by atoms with Crippen molar-refractivity contribution < 1.29 is 9.59 Å². The fraction of sp³-hybridized carbons (Fsp3) is 0.333. The average Bonchev–Trinajstić information content (AvgIpc) is 2.09. The maximum Gasteiger partial charge on any atom is 0.176 e. The standard InChI is InChI=1S/C9H6Br2O2/c10-6-2-4-1-5(9(6)13)3-7(11)8(4)12/h2-5H,1H2. The van der Waals surface area contributed by atoms with E-state index in [-0.39, 0.29) is 23.4 Å². The van der Waals surface area contributed by atoms with Gasteiger partial charge in [-0.15, -0.1) is 0 Å². The molecule has 0 amide bonds. The molecule has 0 aromatic rings. The number of hydrogen-bond acceptors (Lipinski definition) is 2. The molecule has 68 valence electrons. The van der Waals surface area contributed by atoms with Gasteiger partial charge in [0.15, 0.2) is 11.6 Å². The number of halogens is 2. The number of rotatable bonds is 0. The molecule has 13 heavy (non-hydrogen) atoms. The van der Waals surface area contributed by atoms with Crippen LogP contribution in [0.3, 0.4) is 0 Å². The molecule has 0 aromatic heterocycles. The normalized spacial score (nSPS) is 32.8. The van der Waals surface area contributed by atoms with Gasteiger partial charge in [0.2, 0.25) is 0 Å². The lowest BCUT2D eigenvalue weighted by molar-refractivity contribution is -0.121. The number of allylic oxidation sites excluding steroid dienone is 4. The van der Waals surface area contributed by atoms with Crippen molar-refractivity contribution in [1.29, 1.82) is 0 Å². The van der Waals surface area contributed by atoms with E-state index in [2.05, 4.69) is 31.9 Å². The van der Waals surface area contributed by atoms with Gasteiger partial charge < -0.3 is 0 Å². The molecule has 0 fully saturated rings. The second kappa shape index (κ2) is 3.17. The van der Waals surface area contributed by atoms with Crippen LogP contribution in [0.5, 0.6) is 0 Å². The van der Waals surface area contributed by atoms with Gasteiger partial charge in [-0.3, -0.25) is 9.59 Å². The summed E-state index contributed by atoms with van der Waals surface area (Å²) in [5, 5.41) is 0. The predicted molar refractivity (Wildman–Crippen MR) is 55.6 cm³/mol. The van der Waals surface area contributed by atoms with Gasteiger partial charge in [0.05, 0.1) is 8.96 Å². The summed E-state index contributed by atoms with van der Waals surface area (Å²) in [5.74, 6) is -0.116. The van der Waals surface area contributed by atoms with E-state index < -0.39 is 0 Å². The Hall–Kier alpha value is -0.220. The topological polar surface area (TPSA) is 34.1 Å². The SMILES string of the molecule is O=C1C(Br)=CC2CC1C=C(Br)C2=O. The lowest BCUT2D eigenvalue weighted by Gasteiger charge is -2.26. The van der Waals surface area contributed by atoms with E-state index in [0.29, 0.717) is 15.4 Å². The van der Waals surface area contributed by atoms with E-state index in [1.165, 1.54) is 0 Å². The summed E-state index contributed by atoms with van der Waals surface area (Å²) in [6, 6.07) is 0. The molecule has 2 nitrogen and oxygen atoms in total. The minimum Gasteiger partial charge on any atom is -0.293 e. The fourth-order valence-electron chi connectivity index (χ4n) is 1.65. The quantitative estimate of drug-likeness (QED) is 0.688. The van der Waals surface area contributed by atoms with Crippen molar-refractivity contribution in [3.05, 3.63) is 21.1 Å². The van der Waals surface area contributed by atoms with E-state index in [1.807, 2.05) is 0 Å². The van der Waals surface area contributed by atoms with Gasteiger partial charge in [0, 0.05) is 11.8 Å². The monoisotopic (exact) mass is 304 g/mol. The van der Waals surface area contributed by atoms with Crippen LogP contribution in [0, 0.1) is 11.8 Å². The van der Waals surface area contributed by atoms with E-state index in [1.54, 1.807) is 12.2 Å². The molecule has 0 spiro atoms. The summed E-state index contributed by atoms with van der Waals surface area (Å²) >= 11 is 6.34. The molecule has 2 aliphatic rings. The Balaban J connectivity index is 2.46. The molecular formula is C9H6Br2O2. The molecule has 2 aliphatic carbocycles. The molecule has 0 saturated carbocycles. The van der Waals surface area contributed by atoms with Gasteiger partial charge in [-0.2, -0.15) is 0 Å². The highest BCUT2D eigenvalue weighted by molar-refractivity contribution is 9.12. The van der Waals surface area contributed by atoms with Crippen LogP contribution in [0.1, 0.15) is 6.42 Å². The maximum atomic E-state index is 11.5. The summed E-state index contributed by atoms with van der Waals surface area (Å²) in [6.45, 7) is 0. The van der Waals surface area contributed by atoms with Crippen molar-refractivity contribution in [2.24, 2.45) is 11.8 Å². The van der Waals surface area contributed by atoms with E-state index in [4.69, 9.17) is 0 Å². The molecule has 0 aromatic carbocycles. The molecule has 2 rings (SSSR count). The minimum absolute atomic E-state index is 0.0701. The van der Waals surface area contributed by atoms with Crippen LogP contribution in [-0.2, 0) is 9.59 Å². The van der Waals surface area contributed by atoms with E-state index in [0.717, 1.165) is 0 Å². The van der Waals surface area contributed by atoms with Crippen LogP contribution in [0.2, 0.25) is 0 Å². The van der Waals surface area contributed by atoms with Gasteiger partial charge in [-0.1, -0.05) is 12.2 Å². The van der Waals surface area contributed by atoms with Crippen molar-refractivity contribution in [2.75, 3.05) is 0 Å². The first-order valence-electron chi connectivity index (χ1n) is 3.92. The Bertz CT molecular complexity index is 321. The second-order valence-electron chi connectivity index (χ2n) is 3.21. The lowest BCUT2D eigenvalue weighted by Crippen LogP contribution is -2.30. The Morgan fingerprint density at radius 2 is 1.38 bits per heavy atom. The van der Waals surface area contributed by atoms with Crippen molar-refractivity contribution in [1.82, 2.24) is 0 Å². The smallest absolute Gasteiger partial charge is 0.176 e. The first kappa shape index (κ1) is 9.34. The van der Waals surface area contributed by atoms with Crippen molar-refractivity contribution in [3.8, 4) is 0 Å². The largest absolute Gasteiger partial charge is 0.293 e. The minimum atomic E-state index is -0.128. The third kappa shape index (κ3) is 1.46. The van der Waals surface area contributed by atoms with Crippen LogP contribution in [0.4, 0.5) is 0 Å². The van der Waals surface area contributed by atoms with Crippen molar-refractivity contribution in [2.45, 2.75) is 6.42 Å². The molecule has 0 heterocycles. The second-order valence-corrected chi connectivity index (χ2v) is 4.92. The van der Waals surface area contributed by atoms with Gasteiger partial charge in [-0.05, 0) is 38.3 Å². The van der Waals surface area contributed by atoms with E-state index in [9.17, 15) is 9.59 Å². The summed E-state index contributed by atoms with van der Waals surface area (Å²) in [7, 11) is 0. The Kier molecular flexibility index (Phi) is 2.28. The Labute approximate surface area is 92.3 Å². The van der Waals surface area contributed by atoms with Gasteiger partial charge in [0.25, 0.3) is 0 Å². The number of carbonyl (C=O) groups excluding carboxylic acids is 2. The van der Waals surface area contributed by atoms with Crippen molar-refractivity contribution >= 4 is 43.4 Å². The molecular weight excluding hydrogens is 300 g/mol. The molecule has 0 radical (unpaired) electrons. The van der Waals surface area contributed by atoms with Crippen LogP contribution in [0.25, 0.3) is 0 Å². The zero-order chi connectivity index (χ0) is 9.59. The summed E-state index contributed by atoms with van der Waals surface area (Å²) in [5.41, 5.74) is 0. The van der Waals surface area contributed by atoms with Gasteiger partial charge in [-0.25, -0.2) is 0 Å². The van der Waals surface area contributed by atoms with Crippen LogP contribution < -0.4 is 0 Å². The third-order valence-electron chi connectivity index (χ3n) is 2.35.